The van der Waals surface area contributed by atoms with E-state index in [2.05, 4.69) is 4.90 Å². The van der Waals surface area contributed by atoms with Crippen molar-refractivity contribution in [2.24, 2.45) is 0 Å². The summed E-state index contributed by atoms with van der Waals surface area (Å²) in [5.41, 5.74) is 1.07. The van der Waals surface area contributed by atoms with Crippen molar-refractivity contribution in [3.8, 4) is 5.75 Å². The molecule has 0 spiro atoms. The maximum absolute atomic E-state index is 12.7. The molecule has 0 N–H and O–H groups in total. The maximum atomic E-state index is 12.7. The third kappa shape index (κ3) is 4.20. The molecule has 9 heteroatoms. The number of nitrogens with zero attached hydrogens (tertiary/aromatic N) is 3. The third-order valence-corrected chi connectivity index (χ3v) is 5.96. The number of benzene rings is 1. The predicted molar refractivity (Wildman–Crippen MR) is 113 cm³/mol. The predicted octanol–water partition coefficient (Wildman–Crippen LogP) is 2.67. The van der Waals surface area contributed by atoms with Crippen LogP contribution in [0.4, 0.5) is 10.5 Å². The minimum Gasteiger partial charge on any atom is -0.497 e. The van der Waals surface area contributed by atoms with Gasteiger partial charge in [0, 0.05) is 37.9 Å². The molecule has 0 aliphatic carbocycles. The van der Waals surface area contributed by atoms with Gasteiger partial charge in [-0.2, -0.15) is 0 Å². The largest absolute Gasteiger partial charge is 0.497 e. The Bertz CT molecular complexity index is 963. The average Bonchev–Trinajstić information content (AvgIpc) is 3.38. The Labute approximate surface area is 178 Å². The first kappa shape index (κ1) is 20.1. The molecule has 0 atom stereocenters. The third-order valence-electron chi connectivity index (χ3n) is 5.05. The van der Waals surface area contributed by atoms with Gasteiger partial charge >= 0.3 is 0 Å². The fourth-order valence-corrected chi connectivity index (χ4v) is 4.20. The van der Waals surface area contributed by atoms with E-state index < -0.39 is 11.1 Å². The first-order chi connectivity index (χ1) is 14.5. The summed E-state index contributed by atoms with van der Waals surface area (Å²) in [6, 6.07) is 11.2. The van der Waals surface area contributed by atoms with Crippen LogP contribution in [-0.4, -0.2) is 66.7 Å². The summed E-state index contributed by atoms with van der Waals surface area (Å²) in [4.78, 5) is 42.6. The molecular weight excluding hydrogens is 406 g/mol. The lowest BCUT2D eigenvalue weighted by molar-refractivity contribution is -0.136. The number of imide groups is 1. The van der Waals surface area contributed by atoms with E-state index in [1.807, 2.05) is 24.3 Å². The normalized spacial score (nSPS) is 18.4. The number of thioether (sulfide) groups is 1. The molecule has 2 aromatic rings. The molecule has 3 heterocycles. The topological polar surface area (TPSA) is 83.3 Å². The first-order valence-electron chi connectivity index (χ1n) is 9.51. The zero-order valence-electron chi connectivity index (χ0n) is 16.4. The molecule has 2 fully saturated rings. The van der Waals surface area contributed by atoms with Crippen LogP contribution in [0.25, 0.3) is 6.08 Å². The average molecular weight is 427 g/mol. The van der Waals surface area contributed by atoms with E-state index in [0.717, 1.165) is 28.1 Å². The molecule has 1 aromatic heterocycles. The molecule has 30 heavy (non-hydrogen) atoms. The van der Waals surface area contributed by atoms with E-state index >= 15 is 0 Å². The molecule has 0 radical (unpaired) electrons. The quantitative estimate of drug-likeness (QED) is 0.679. The molecule has 2 aliphatic rings. The number of furan rings is 1. The highest BCUT2D eigenvalue weighted by molar-refractivity contribution is 8.18. The standard InChI is InChI=1S/C21H21N3O5S/c1-28-16-6-4-15(5-7-16)22-8-10-23(11-9-22)19(25)14-24-20(26)18(30-21(24)27)13-17-3-2-12-29-17/h2-7,12-13H,8-11,14H2,1H3. The van der Waals surface area contributed by atoms with E-state index in [4.69, 9.17) is 9.15 Å². The van der Waals surface area contributed by atoms with Crippen LogP contribution >= 0.6 is 11.8 Å². The maximum Gasteiger partial charge on any atom is 0.294 e. The van der Waals surface area contributed by atoms with Crippen molar-refractivity contribution >= 4 is 40.6 Å². The SMILES string of the molecule is COc1ccc(N2CCN(C(=O)CN3C(=O)SC(=Cc4ccco4)C3=O)CC2)cc1. The minimum absolute atomic E-state index is 0.231. The number of carbonyl (C=O) groups is 3. The number of methoxy groups -OCH3 is 1. The van der Waals surface area contributed by atoms with Gasteiger partial charge in [0.05, 0.1) is 18.3 Å². The van der Waals surface area contributed by atoms with Crippen LogP contribution in [0.3, 0.4) is 0 Å². The number of hydrogen-bond donors (Lipinski definition) is 0. The fourth-order valence-electron chi connectivity index (χ4n) is 3.38. The van der Waals surface area contributed by atoms with Crippen molar-refractivity contribution in [2.45, 2.75) is 0 Å². The van der Waals surface area contributed by atoms with Gasteiger partial charge in [0.15, 0.2) is 0 Å². The van der Waals surface area contributed by atoms with Crippen molar-refractivity contribution in [1.82, 2.24) is 9.80 Å². The molecule has 1 aromatic carbocycles. The summed E-state index contributed by atoms with van der Waals surface area (Å²) in [7, 11) is 1.63. The molecular formula is C21H21N3O5S. The van der Waals surface area contributed by atoms with Crippen LogP contribution in [0.2, 0.25) is 0 Å². The second-order valence-electron chi connectivity index (χ2n) is 6.85. The Morgan fingerprint density at radius 3 is 2.50 bits per heavy atom. The number of ether oxygens (including phenoxy) is 1. The van der Waals surface area contributed by atoms with Crippen molar-refractivity contribution < 1.29 is 23.5 Å². The van der Waals surface area contributed by atoms with Crippen LogP contribution in [0.1, 0.15) is 5.76 Å². The Morgan fingerprint density at radius 2 is 1.87 bits per heavy atom. The van der Waals surface area contributed by atoms with Crippen LogP contribution in [0.5, 0.6) is 5.75 Å². The van der Waals surface area contributed by atoms with Gasteiger partial charge in [-0.15, -0.1) is 0 Å². The number of hydrogen-bond acceptors (Lipinski definition) is 7. The highest BCUT2D eigenvalue weighted by Gasteiger charge is 2.37. The summed E-state index contributed by atoms with van der Waals surface area (Å²) < 4.78 is 10.4. The highest BCUT2D eigenvalue weighted by Crippen LogP contribution is 2.32. The van der Waals surface area contributed by atoms with Crippen molar-refractivity contribution in [1.29, 1.82) is 0 Å². The molecule has 0 unspecified atom stereocenters. The highest BCUT2D eigenvalue weighted by atomic mass is 32.2. The van der Waals surface area contributed by atoms with Crippen LogP contribution in [0, 0.1) is 0 Å². The molecule has 156 valence electrons. The molecule has 8 nitrogen and oxygen atoms in total. The Hall–Kier alpha value is -3.20. The second kappa shape index (κ2) is 8.66. The van der Waals surface area contributed by atoms with Gasteiger partial charge in [0.1, 0.15) is 18.1 Å². The van der Waals surface area contributed by atoms with Gasteiger partial charge < -0.3 is 19.0 Å². The first-order valence-corrected chi connectivity index (χ1v) is 10.3. The molecule has 2 aliphatic heterocycles. The zero-order valence-corrected chi connectivity index (χ0v) is 17.3. The van der Waals surface area contributed by atoms with E-state index in [9.17, 15) is 14.4 Å². The minimum atomic E-state index is -0.466. The van der Waals surface area contributed by atoms with E-state index in [-0.39, 0.29) is 17.4 Å². The summed E-state index contributed by atoms with van der Waals surface area (Å²) in [6.07, 6.45) is 3.01. The lowest BCUT2D eigenvalue weighted by Gasteiger charge is -2.36. The van der Waals surface area contributed by atoms with Crippen molar-refractivity contribution in [2.75, 3.05) is 44.7 Å². The molecule has 2 saturated heterocycles. The van der Waals surface area contributed by atoms with E-state index in [1.54, 1.807) is 24.1 Å². The fraction of sp³-hybridized carbons (Fsp3) is 0.286. The van der Waals surface area contributed by atoms with E-state index in [1.165, 1.54) is 12.3 Å². The molecule has 0 bridgehead atoms. The Morgan fingerprint density at radius 1 is 1.13 bits per heavy atom. The number of carbonyl (C=O) groups excluding carboxylic acids is 3. The van der Waals surface area contributed by atoms with E-state index in [0.29, 0.717) is 31.9 Å². The number of anilines is 1. The Balaban J connectivity index is 1.33. The van der Waals surface area contributed by atoms with Gasteiger partial charge in [-0.05, 0) is 48.2 Å². The smallest absolute Gasteiger partial charge is 0.294 e. The van der Waals surface area contributed by atoms with Crippen molar-refractivity contribution in [3.05, 3.63) is 53.3 Å². The van der Waals surface area contributed by atoms with Crippen LogP contribution in [-0.2, 0) is 9.59 Å². The summed E-state index contributed by atoms with van der Waals surface area (Å²) >= 11 is 0.819. The summed E-state index contributed by atoms with van der Waals surface area (Å²) in [5, 5.41) is -0.442. The summed E-state index contributed by atoms with van der Waals surface area (Å²) in [5.74, 6) is 0.588. The van der Waals surface area contributed by atoms with Gasteiger partial charge in [-0.1, -0.05) is 0 Å². The molecule has 0 saturated carbocycles. The van der Waals surface area contributed by atoms with Crippen molar-refractivity contribution in [3.63, 3.8) is 0 Å². The van der Waals surface area contributed by atoms with Gasteiger partial charge in [0.2, 0.25) is 5.91 Å². The second-order valence-corrected chi connectivity index (χ2v) is 7.84. The zero-order chi connectivity index (χ0) is 21.1. The van der Waals surface area contributed by atoms with Crippen LogP contribution < -0.4 is 9.64 Å². The molecule has 4 rings (SSSR count). The number of rotatable bonds is 5. The monoisotopic (exact) mass is 427 g/mol. The number of amides is 3. The van der Waals surface area contributed by atoms with Gasteiger partial charge in [-0.3, -0.25) is 19.3 Å². The number of piperazine rings is 1. The van der Waals surface area contributed by atoms with Crippen LogP contribution in [0.15, 0.2) is 52.0 Å². The van der Waals surface area contributed by atoms with Gasteiger partial charge in [0.25, 0.3) is 11.1 Å². The lowest BCUT2D eigenvalue weighted by Crippen LogP contribution is -2.51. The van der Waals surface area contributed by atoms with Gasteiger partial charge in [-0.25, -0.2) is 0 Å². The lowest BCUT2D eigenvalue weighted by atomic mass is 10.2. The summed E-state index contributed by atoms with van der Waals surface area (Å²) in [6.45, 7) is 2.17. The Kier molecular flexibility index (Phi) is 5.80. The molecule has 3 amide bonds.